The number of amides is 1. The van der Waals surface area contributed by atoms with Crippen LogP contribution in [0.2, 0.25) is 0 Å². The van der Waals surface area contributed by atoms with Crippen molar-refractivity contribution in [3.05, 3.63) is 28.3 Å². The molecule has 100 valence electrons. The summed E-state index contributed by atoms with van der Waals surface area (Å²) < 4.78 is 0.812. The Morgan fingerprint density at radius 1 is 1.47 bits per heavy atom. The predicted molar refractivity (Wildman–Crippen MR) is 66.0 cm³/mol. The van der Waals surface area contributed by atoms with Gasteiger partial charge < -0.3 is 15.3 Å². The number of hydrogen-bond acceptors (Lipinski definition) is 6. The van der Waals surface area contributed by atoms with Crippen LogP contribution in [0.1, 0.15) is 17.3 Å². The molecule has 2 N–H and O–H groups in total. The molecule has 2 rings (SSSR count). The smallest absolute Gasteiger partial charge is 0.301 e. The van der Waals surface area contributed by atoms with E-state index in [0.717, 1.165) is 4.73 Å². The molecule has 1 amide bonds. The van der Waals surface area contributed by atoms with Gasteiger partial charge in [-0.2, -0.15) is 0 Å². The fourth-order valence-electron chi connectivity index (χ4n) is 1.69. The van der Waals surface area contributed by atoms with E-state index in [9.17, 15) is 14.7 Å². The summed E-state index contributed by atoms with van der Waals surface area (Å²) in [4.78, 5) is 36.6. The third-order valence-electron chi connectivity index (χ3n) is 2.48. The lowest BCUT2D eigenvalue weighted by atomic mass is 10.2. The molecule has 19 heavy (non-hydrogen) atoms. The molecule has 0 unspecified atom stereocenters. The Labute approximate surface area is 107 Å². The monoisotopic (exact) mass is 264 g/mol. The second-order valence-electron chi connectivity index (χ2n) is 3.59. The van der Waals surface area contributed by atoms with Gasteiger partial charge in [-0.05, 0) is 6.92 Å². The molecule has 0 aliphatic heterocycles. The number of rotatable bonds is 3. The number of carbonyl (C=O) groups is 1. The highest BCUT2D eigenvalue weighted by Crippen LogP contribution is 2.22. The summed E-state index contributed by atoms with van der Waals surface area (Å²) in [7, 11) is 1.26. The molecule has 0 atom stereocenters. The highest BCUT2D eigenvalue weighted by Gasteiger charge is 2.23. The molecule has 0 spiro atoms. The first-order valence-corrected chi connectivity index (χ1v) is 5.53. The van der Waals surface area contributed by atoms with E-state index in [1.165, 1.54) is 19.5 Å². The van der Waals surface area contributed by atoms with Gasteiger partial charge in [-0.3, -0.25) is 9.59 Å². The Morgan fingerprint density at radius 3 is 2.79 bits per heavy atom. The van der Waals surface area contributed by atoms with Gasteiger partial charge in [-0.25, -0.2) is 9.97 Å². The average molecular weight is 264 g/mol. The van der Waals surface area contributed by atoms with Gasteiger partial charge in [-0.1, -0.05) is 0 Å². The zero-order chi connectivity index (χ0) is 14.0. The van der Waals surface area contributed by atoms with E-state index in [-0.39, 0.29) is 11.2 Å². The van der Waals surface area contributed by atoms with E-state index < -0.39 is 22.8 Å². The predicted octanol–water partition coefficient (Wildman–Crippen LogP) is -0.695. The van der Waals surface area contributed by atoms with Crippen LogP contribution in [-0.2, 0) is 0 Å². The van der Waals surface area contributed by atoms with Crippen LogP contribution >= 0.6 is 0 Å². The first-order chi connectivity index (χ1) is 9.11. The summed E-state index contributed by atoms with van der Waals surface area (Å²) in [6, 6.07) is 0. The van der Waals surface area contributed by atoms with Crippen LogP contribution in [0.25, 0.3) is 11.2 Å². The van der Waals surface area contributed by atoms with Crippen molar-refractivity contribution in [1.29, 1.82) is 0 Å². The van der Waals surface area contributed by atoms with Crippen molar-refractivity contribution >= 4 is 17.1 Å². The number of nitrogens with one attached hydrogen (secondary N) is 1. The second-order valence-corrected chi connectivity index (χ2v) is 3.59. The maximum Gasteiger partial charge on any atom is 0.301 e. The number of carbonyl (C=O) groups excluding carboxylic acids is 1. The maximum atomic E-state index is 12.1. The van der Waals surface area contributed by atoms with Gasteiger partial charge in [0.25, 0.3) is 5.91 Å². The molecule has 8 nitrogen and oxygen atoms in total. The van der Waals surface area contributed by atoms with Gasteiger partial charge >= 0.3 is 5.56 Å². The van der Waals surface area contributed by atoms with Gasteiger partial charge in [0.1, 0.15) is 7.11 Å². The molecular formula is C11H12N4O4. The molecule has 2 aromatic rings. The van der Waals surface area contributed by atoms with Gasteiger partial charge in [0, 0.05) is 18.9 Å². The van der Waals surface area contributed by atoms with Crippen LogP contribution in [0.15, 0.2) is 17.2 Å². The van der Waals surface area contributed by atoms with Crippen molar-refractivity contribution in [2.75, 3.05) is 13.7 Å². The van der Waals surface area contributed by atoms with E-state index >= 15 is 0 Å². The topological polar surface area (TPSA) is 106 Å². The quantitative estimate of drug-likeness (QED) is 0.759. The Bertz CT molecular complexity index is 695. The van der Waals surface area contributed by atoms with E-state index in [4.69, 9.17) is 4.84 Å². The Hall–Kier alpha value is -2.64. The van der Waals surface area contributed by atoms with Crippen molar-refractivity contribution in [3.63, 3.8) is 0 Å². The van der Waals surface area contributed by atoms with E-state index in [0.29, 0.717) is 6.54 Å². The summed E-state index contributed by atoms with van der Waals surface area (Å²) in [5.74, 6) is -1.20. The summed E-state index contributed by atoms with van der Waals surface area (Å²) in [5.41, 5.74) is -1.15. The summed E-state index contributed by atoms with van der Waals surface area (Å²) in [5, 5.41) is 12.5. The van der Waals surface area contributed by atoms with Crippen LogP contribution in [0.5, 0.6) is 5.75 Å². The zero-order valence-corrected chi connectivity index (χ0v) is 10.4. The first kappa shape index (κ1) is 12.8. The Balaban J connectivity index is 2.85. The lowest BCUT2D eigenvalue weighted by Crippen LogP contribution is -2.35. The minimum atomic E-state index is -0.793. The van der Waals surface area contributed by atoms with Crippen molar-refractivity contribution < 1.29 is 14.7 Å². The minimum absolute atomic E-state index is 0.0187. The van der Waals surface area contributed by atoms with Gasteiger partial charge in [-0.15, -0.1) is 4.73 Å². The SMILES string of the molecule is CCNC(=O)c1c(O)c2nccnc2n(OC)c1=O. The molecule has 0 saturated carbocycles. The van der Waals surface area contributed by atoms with E-state index in [2.05, 4.69) is 15.3 Å². The second kappa shape index (κ2) is 4.92. The van der Waals surface area contributed by atoms with Gasteiger partial charge in [0.15, 0.2) is 16.8 Å². The van der Waals surface area contributed by atoms with Crippen molar-refractivity contribution in [1.82, 2.24) is 20.0 Å². The van der Waals surface area contributed by atoms with E-state index in [1.807, 2.05) is 0 Å². The number of aromatic hydroxyl groups is 1. The summed E-state index contributed by atoms with van der Waals surface area (Å²) >= 11 is 0. The molecule has 0 bridgehead atoms. The van der Waals surface area contributed by atoms with Crippen LogP contribution < -0.4 is 15.7 Å². The zero-order valence-electron chi connectivity index (χ0n) is 10.4. The number of fused-ring (bicyclic) bond motifs is 1. The molecule has 0 saturated heterocycles. The standard InChI is InChI=1S/C11H12N4O4/c1-3-12-10(17)6-8(16)7-9(14-5-4-13-7)15(19-2)11(6)18/h4-5,16H,3H2,1-2H3,(H,12,17). The number of hydrogen-bond donors (Lipinski definition) is 2. The van der Waals surface area contributed by atoms with E-state index in [1.54, 1.807) is 6.92 Å². The number of nitrogens with zero attached hydrogens (tertiary/aromatic N) is 3. The highest BCUT2D eigenvalue weighted by molar-refractivity contribution is 6.00. The maximum absolute atomic E-state index is 12.1. The molecule has 0 aliphatic rings. The number of pyridine rings is 1. The molecular weight excluding hydrogens is 252 g/mol. The minimum Gasteiger partial charge on any atom is -0.505 e. The van der Waals surface area contributed by atoms with Crippen LogP contribution in [0.4, 0.5) is 0 Å². The molecule has 2 aromatic heterocycles. The molecule has 0 fully saturated rings. The summed E-state index contributed by atoms with van der Waals surface area (Å²) in [6.07, 6.45) is 2.69. The number of aromatic nitrogens is 3. The normalized spacial score (nSPS) is 10.4. The Kier molecular flexibility index (Phi) is 3.32. The average Bonchev–Trinajstić information content (AvgIpc) is 2.40. The lowest BCUT2D eigenvalue weighted by Gasteiger charge is -2.11. The third kappa shape index (κ3) is 1.96. The fraction of sp³-hybridized carbons (Fsp3) is 0.273. The fourth-order valence-corrected chi connectivity index (χ4v) is 1.69. The van der Waals surface area contributed by atoms with Crippen molar-refractivity contribution in [2.45, 2.75) is 6.92 Å². The van der Waals surface area contributed by atoms with Crippen molar-refractivity contribution in [3.8, 4) is 5.75 Å². The van der Waals surface area contributed by atoms with Crippen LogP contribution in [-0.4, -0.2) is 39.4 Å². The van der Waals surface area contributed by atoms with Crippen molar-refractivity contribution in [2.24, 2.45) is 0 Å². The molecule has 8 heteroatoms. The van der Waals surface area contributed by atoms with Gasteiger partial charge in [0.2, 0.25) is 5.65 Å². The van der Waals surface area contributed by atoms with Crippen LogP contribution in [0, 0.1) is 0 Å². The lowest BCUT2D eigenvalue weighted by molar-refractivity contribution is 0.0945. The summed E-state index contributed by atoms with van der Waals surface area (Å²) in [6.45, 7) is 2.02. The Morgan fingerprint density at radius 2 is 2.16 bits per heavy atom. The molecule has 2 heterocycles. The first-order valence-electron chi connectivity index (χ1n) is 5.53. The van der Waals surface area contributed by atoms with Crippen LogP contribution in [0.3, 0.4) is 0 Å². The van der Waals surface area contributed by atoms with Gasteiger partial charge in [0.05, 0.1) is 0 Å². The largest absolute Gasteiger partial charge is 0.505 e. The third-order valence-corrected chi connectivity index (χ3v) is 2.48. The molecule has 0 radical (unpaired) electrons. The molecule has 0 aromatic carbocycles. The molecule has 0 aliphatic carbocycles. The highest BCUT2D eigenvalue weighted by atomic mass is 16.7.